The molecule has 0 aromatic carbocycles. The summed E-state index contributed by atoms with van der Waals surface area (Å²) in [6.07, 6.45) is 3.29. The Morgan fingerprint density at radius 1 is 1.47 bits per heavy atom. The monoisotopic (exact) mass is 276 g/mol. The van der Waals surface area contributed by atoms with Crippen molar-refractivity contribution in [3.8, 4) is 5.82 Å². The first-order valence-corrected chi connectivity index (χ1v) is 5.85. The van der Waals surface area contributed by atoms with Gasteiger partial charge in [0.25, 0.3) is 0 Å². The zero-order valence-corrected chi connectivity index (χ0v) is 11.3. The summed E-state index contributed by atoms with van der Waals surface area (Å²) in [6, 6.07) is 3.33. The fraction of sp³-hybridized carbons (Fsp3) is 0.167. The number of nitrogens with two attached hydrogens (primary N) is 1. The number of aromatic nitrogens is 3. The van der Waals surface area contributed by atoms with Crippen molar-refractivity contribution in [3.05, 3.63) is 41.6 Å². The Hall–Kier alpha value is -2.28. The highest BCUT2D eigenvalue weighted by Crippen LogP contribution is 2.13. The van der Waals surface area contributed by atoms with E-state index in [1.165, 1.54) is 7.11 Å². The lowest BCUT2D eigenvalue weighted by molar-refractivity contribution is 0.0599. The van der Waals surface area contributed by atoms with E-state index in [2.05, 4.69) is 14.7 Å². The molecule has 6 nitrogen and oxygen atoms in total. The van der Waals surface area contributed by atoms with Gasteiger partial charge in [-0.3, -0.25) is 4.57 Å². The summed E-state index contributed by atoms with van der Waals surface area (Å²) in [5, 5.41) is 0. The van der Waals surface area contributed by atoms with Gasteiger partial charge in [-0.25, -0.2) is 14.8 Å². The molecule has 2 heterocycles. The van der Waals surface area contributed by atoms with Gasteiger partial charge in [-0.2, -0.15) is 0 Å². The molecule has 7 heteroatoms. The van der Waals surface area contributed by atoms with Crippen molar-refractivity contribution >= 4 is 23.2 Å². The molecule has 2 aromatic heterocycles. The van der Waals surface area contributed by atoms with E-state index < -0.39 is 5.97 Å². The lowest BCUT2D eigenvalue weighted by atomic mass is 10.2. The number of esters is 1. The minimum atomic E-state index is -0.420. The molecule has 0 fully saturated rings. The Morgan fingerprint density at radius 2 is 2.21 bits per heavy atom. The Bertz CT molecular complexity index is 651. The molecule has 0 aliphatic rings. The fourth-order valence-corrected chi connectivity index (χ4v) is 1.83. The zero-order valence-electron chi connectivity index (χ0n) is 10.5. The molecule has 0 radical (unpaired) electrons. The number of imidazole rings is 1. The van der Waals surface area contributed by atoms with Crippen LogP contribution in [0.3, 0.4) is 0 Å². The van der Waals surface area contributed by atoms with E-state index in [-0.39, 0.29) is 4.99 Å². The smallest absolute Gasteiger partial charge is 0.339 e. The van der Waals surface area contributed by atoms with Gasteiger partial charge in [0.15, 0.2) is 5.82 Å². The van der Waals surface area contributed by atoms with Crippen LogP contribution in [0.4, 0.5) is 0 Å². The molecule has 0 atom stereocenters. The Morgan fingerprint density at radius 3 is 2.79 bits per heavy atom. The van der Waals surface area contributed by atoms with E-state index in [0.717, 1.165) is 0 Å². The van der Waals surface area contributed by atoms with Crippen LogP contribution in [0.15, 0.2) is 24.5 Å². The van der Waals surface area contributed by atoms with E-state index in [1.807, 2.05) is 0 Å². The molecule has 0 spiro atoms. The lowest BCUT2D eigenvalue weighted by Gasteiger charge is -2.08. The molecule has 98 valence electrons. The minimum Gasteiger partial charge on any atom is -0.465 e. The SMILES string of the molecule is COC(=O)c1ccc(-n2ccnc2C(N)=S)nc1C. The summed E-state index contributed by atoms with van der Waals surface area (Å²) in [4.78, 5) is 20.1. The van der Waals surface area contributed by atoms with Crippen molar-refractivity contribution < 1.29 is 9.53 Å². The number of carbonyl (C=O) groups excluding carboxylic acids is 1. The van der Waals surface area contributed by atoms with Gasteiger partial charge in [-0.05, 0) is 19.1 Å². The maximum Gasteiger partial charge on any atom is 0.339 e. The van der Waals surface area contributed by atoms with E-state index >= 15 is 0 Å². The normalized spacial score (nSPS) is 10.2. The highest BCUT2D eigenvalue weighted by molar-refractivity contribution is 7.80. The van der Waals surface area contributed by atoms with Crippen molar-refractivity contribution in [1.82, 2.24) is 14.5 Å². The minimum absolute atomic E-state index is 0.182. The van der Waals surface area contributed by atoms with E-state index in [1.54, 1.807) is 36.0 Å². The summed E-state index contributed by atoms with van der Waals surface area (Å²) in [5.41, 5.74) is 6.56. The molecular formula is C12H12N4O2S. The van der Waals surface area contributed by atoms with E-state index in [0.29, 0.717) is 22.9 Å². The average molecular weight is 276 g/mol. The first-order valence-electron chi connectivity index (χ1n) is 5.44. The molecule has 0 aliphatic carbocycles. The number of hydrogen-bond acceptors (Lipinski definition) is 5. The first kappa shape index (κ1) is 13.2. The van der Waals surface area contributed by atoms with Crippen LogP contribution >= 0.6 is 12.2 Å². The van der Waals surface area contributed by atoms with Crippen LogP contribution in [0.2, 0.25) is 0 Å². The van der Waals surface area contributed by atoms with Gasteiger partial charge in [0.05, 0.1) is 18.4 Å². The molecule has 0 aliphatic heterocycles. The number of hydrogen-bond donors (Lipinski definition) is 1. The molecule has 0 saturated carbocycles. The van der Waals surface area contributed by atoms with Gasteiger partial charge in [0.2, 0.25) is 0 Å². The molecule has 2 N–H and O–H groups in total. The van der Waals surface area contributed by atoms with Crippen LogP contribution in [0.25, 0.3) is 5.82 Å². The largest absolute Gasteiger partial charge is 0.465 e. The third kappa shape index (κ3) is 2.45. The van der Waals surface area contributed by atoms with Crippen LogP contribution in [-0.4, -0.2) is 32.6 Å². The quantitative estimate of drug-likeness (QED) is 0.665. The van der Waals surface area contributed by atoms with Gasteiger partial charge in [-0.1, -0.05) is 12.2 Å². The van der Waals surface area contributed by atoms with Crippen molar-refractivity contribution in [1.29, 1.82) is 0 Å². The summed E-state index contributed by atoms with van der Waals surface area (Å²) in [5.74, 6) is 0.620. The number of nitrogens with zero attached hydrogens (tertiary/aromatic N) is 3. The van der Waals surface area contributed by atoms with Crippen LogP contribution in [0, 0.1) is 6.92 Å². The molecule has 0 saturated heterocycles. The van der Waals surface area contributed by atoms with Crippen LogP contribution in [0.1, 0.15) is 21.9 Å². The molecular weight excluding hydrogens is 264 g/mol. The van der Waals surface area contributed by atoms with Crippen molar-refractivity contribution in [2.75, 3.05) is 7.11 Å². The summed E-state index contributed by atoms with van der Waals surface area (Å²) in [7, 11) is 1.33. The van der Waals surface area contributed by atoms with Gasteiger partial charge < -0.3 is 10.5 Å². The predicted molar refractivity (Wildman–Crippen MR) is 73.3 cm³/mol. The topological polar surface area (TPSA) is 83.0 Å². The number of carbonyl (C=O) groups is 1. The average Bonchev–Trinajstić information content (AvgIpc) is 2.87. The maximum atomic E-state index is 11.5. The Balaban J connectivity index is 2.48. The number of ether oxygens (including phenoxy) is 1. The Labute approximate surface area is 115 Å². The third-order valence-corrected chi connectivity index (χ3v) is 2.77. The summed E-state index contributed by atoms with van der Waals surface area (Å²) >= 11 is 4.91. The molecule has 0 unspecified atom stereocenters. The van der Waals surface area contributed by atoms with Crippen LogP contribution < -0.4 is 5.73 Å². The van der Waals surface area contributed by atoms with Gasteiger partial charge >= 0.3 is 5.97 Å². The maximum absolute atomic E-state index is 11.5. The third-order valence-electron chi connectivity index (χ3n) is 2.58. The molecule has 2 rings (SSSR count). The lowest BCUT2D eigenvalue weighted by Crippen LogP contribution is -2.17. The summed E-state index contributed by atoms with van der Waals surface area (Å²) < 4.78 is 6.33. The number of rotatable bonds is 3. The van der Waals surface area contributed by atoms with Crippen molar-refractivity contribution in [2.45, 2.75) is 6.92 Å². The van der Waals surface area contributed by atoms with Gasteiger partial charge in [0, 0.05) is 12.4 Å². The number of thiocarbonyl (C=S) groups is 1. The second-order valence-electron chi connectivity index (χ2n) is 3.78. The van der Waals surface area contributed by atoms with Crippen LogP contribution in [-0.2, 0) is 4.74 Å². The highest BCUT2D eigenvalue weighted by atomic mass is 32.1. The number of aryl methyl sites for hydroxylation is 1. The van der Waals surface area contributed by atoms with Gasteiger partial charge in [0.1, 0.15) is 10.8 Å². The number of methoxy groups -OCH3 is 1. The molecule has 2 aromatic rings. The molecule has 0 amide bonds. The van der Waals surface area contributed by atoms with Crippen molar-refractivity contribution in [3.63, 3.8) is 0 Å². The fourth-order valence-electron chi connectivity index (χ4n) is 1.68. The zero-order chi connectivity index (χ0) is 14.0. The van der Waals surface area contributed by atoms with Crippen LogP contribution in [0.5, 0.6) is 0 Å². The Kier molecular flexibility index (Phi) is 3.57. The molecule has 19 heavy (non-hydrogen) atoms. The second-order valence-corrected chi connectivity index (χ2v) is 4.22. The molecule has 0 bridgehead atoms. The highest BCUT2D eigenvalue weighted by Gasteiger charge is 2.13. The number of pyridine rings is 1. The van der Waals surface area contributed by atoms with Gasteiger partial charge in [-0.15, -0.1) is 0 Å². The van der Waals surface area contributed by atoms with Crippen molar-refractivity contribution in [2.24, 2.45) is 5.73 Å². The van der Waals surface area contributed by atoms with E-state index in [4.69, 9.17) is 18.0 Å². The standard InChI is InChI=1S/C12H12N4O2S/c1-7-8(12(17)18-2)3-4-9(15-7)16-6-5-14-11(16)10(13)19/h3-6H,1-2H3,(H2,13,19). The second kappa shape index (κ2) is 5.15. The van der Waals surface area contributed by atoms with E-state index in [9.17, 15) is 4.79 Å². The first-order chi connectivity index (χ1) is 9.04. The predicted octanol–water partition coefficient (Wildman–Crippen LogP) is 0.997. The summed E-state index contributed by atoms with van der Waals surface area (Å²) in [6.45, 7) is 1.73.